The molecule has 3 heterocycles. The van der Waals surface area contributed by atoms with Crippen molar-refractivity contribution in [3.63, 3.8) is 0 Å². The molecule has 3 aromatic rings. The molecule has 0 aromatic carbocycles. The standard InChI is InChI=1S/C13H9N3O4S/c17-12-11-8(2-4-21-11)15-10(16-12)6-20-9-5-14-3-1-7(9)13(18)19/h1-5H,6H2,(H,18,19)(H,15,16,17). The summed E-state index contributed by atoms with van der Waals surface area (Å²) in [7, 11) is 0. The molecule has 0 fully saturated rings. The lowest BCUT2D eigenvalue weighted by Gasteiger charge is -2.07. The van der Waals surface area contributed by atoms with E-state index in [1.54, 1.807) is 11.4 Å². The van der Waals surface area contributed by atoms with Gasteiger partial charge in [0.2, 0.25) is 0 Å². The monoisotopic (exact) mass is 303 g/mol. The maximum Gasteiger partial charge on any atom is 0.339 e. The molecule has 0 amide bonds. The molecule has 0 saturated carbocycles. The number of aromatic nitrogens is 3. The summed E-state index contributed by atoms with van der Waals surface area (Å²) < 4.78 is 5.94. The van der Waals surface area contributed by atoms with Crippen LogP contribution in [0.25, 0.3) is 10.2 Å². The highest BCUT2D eigenvalue weighted by Crippen LogP contribution is 2.18. The smallest absolute Gasteiger partial charge is 0.339 e. The number of ether oxygens (including phenoxy) is 1. The van der Waals surface area contributed by atoms with Crippen LogP contribution in [0.1, 0.15) is 16.2 Å². The highest BCUT2D eigenvalue weighted by Gasteiger charge is 2.12. The van der Waals surface area contributed by atoms with Crippen LogP contribution in [0, 0.1) is 0 Å². The van der Waals surface area contributed by atoms with Gasteiger partial charge in [0.15, 0.2) is 5.75 Å². The van der Waals surface area contributed by atoms with Crippen LogP contribution in [0.3, 0.4) is 0 Å². The molecular formula is C13H9N3O4S. The molecule has 0 saturated heterocycles. The van der Waals surface area contributed by atoms with E-state index in [9.17, 15) is 9.59 Å². The Morgan fingerprint density at radius 2 is 2.29 bits per heavy atom. The van der Waals surface area contributed by atoms with E-state index < -0.39 is 5.97 Å². The van der Waals surface area contributed by atoms with Crippen molar-refractivity contribution in [3.05, 3.63) is 51.6 Å². The Morgan fingerprint density at radius 3 is 3.10 bits per heavy atom. The lowest BCUT2D eigenvalue weighted by Crippen LogP contribution is -2.13. The van der Waals surface area contributed by atoms with Crippen LogP contribution in [-0.4, -0.2) is 26.0 Å². The zero-order valence-corrected chi connectivity index (χ0v) is 11.4. The zero-order valence-electron chi connectivity index (χ0n) is 10.6. The lowest BCUT2D eigenvalue weighted by atomic mass is 10.2. The molecule has 7 nitrogen and oxygen atoms in total. The molecule has 0 atom stereocenters. The maximum absolute atomic E-state index is 11.8. The molecule has 0 aliphatic carbocycles. The Hall–Kier alpha value is -2.74. The third-order valence-electron chi connectivity index (χ3n) is 2.74. The van der Waals surface area contributed by atoms with Crippen LogP contribution in [0.4, 0.5) is 0 Å². The van der Waals surface area contributed by atoms with Gasteiger partial charge in [0.25, 0.3) is 5.56 Å². The number of nitrogens with one attached hydrogen (secondary N) is 1. The number of pyridine rings is 1. The summed E-state index contributed by atoms with van der Waals surface area (Å²) in [5.41, 5.74) is 0.356. The van der Waals surface area contributed by atoms with Crippen LogP contribution in [0.15, 0.2) is 34.7 Å². The van der Waals surface area contributed by atoms with Crippen molar-refractivity contribution in [1.82, 2.24) is 15.0 Å². The first-order valence-corrected chi connectivity index (χ1v) is 6.79. The fourth-order valence-corrected chi connectivity index (χ4v) is 2.53. The van der Waals surface area contributed by atoms with Crippen LogP contribution in [-0.2, 0) is 6.61 Å². The Balaban J connectivity index is 1.87. The van der Waals surface area contributed by atoms with E-state index in [1.165, 1.54) is 29.8 Å². The second-order valence-electron chi connectivity index (χ2n) is 4.11. The summed E-state index contributed by atoms with van der Waals surface area (Å²) >= 11 is 1.31. The first-order valence-electron chi connectivity index (χ1n) is 5.91. The Bertz CT molecular complexity index is 871. The van der Waals surface area contributed by atoms with E-state index >= 15 is 0 Å². The van der Waals surface area contributed by atoms with Crippen LogP contribution >= 0.6 is 11.3 Å². The minimum Gasteiger partial charge on any atom is -0.483 e. The second-order valence-corrected chi connectivity index (χ2v) is 5.03. The number of carboxylic acid groups (broad SMARTS) is 1. The van der Waals surface area contributed by atoms with E-state index in [1.807, 2.05) is 0 Å². The molecule has 3 rings (SSSR count). The molecule has 2 N–H and O–H groups in total. The Morgan fingerprint density at radius 1 is 1.43 bits per heavy atom. The average molecular weight is 303 g/mol. The molecule has 0 unspecified atom stereocenters. The zero-order chi connectivity index (χ0) is 14.8. The van der Waals surface area contributed by atoms with Gasteiger partial charge >= 0.3 is 5.97 Å². The molecule has 106 valence electrons. The van der Waals surface area contributed by atoms with Crippen molar-refractivity contribution in [1.29, 1.82) is 0 Å². The van der Waals surface area contributed by atoms with Crippen molar-refractivity contribution in [2.24, 2.45) is 0 Å². The second kappa shape index (κ2) is 5.33. The van der Waals surface area contributed by atoms with Gasteiger partial charge in [-0.2, -0.15) is 0 Å². The fraction of sp³-hybridized carbons (Fsp3) is 0.0769. The van der Waals surface area contributed by atoms with E-state index in [-0.39, 0.29) is 23.5 Å². The van der Waals surface area contributed by atoms with Crippen molar-refractivity contribution in [3.8, 4) is 5.75 Å². The first kappa shape index (κ1) is 13.3. The number of aromatic amines is 1. The number of rotatable bonds is 4. The largest absolute Gasteiger partial charge is 0.483 e. The number of hydrogen-bond acceptors (Lipinski definition) is 6. The van der Waals surface area contributed by atoms with Gasteiger partial charge in [-0.05, 0) is 17.5 Å². The normalized spacial score (nSPS) is 10.7. The van der Waals surface area contributed by atoms with Gasteiger partial charge in [0, 0.05) is 6.20 Å². The summed E-state index contributed by atoms with van der Waals surface area (Å²) in [4.78, 5) is 33.5. The fourth-order valence-electron chi connectivity index (χ4n) is 1.81. The molecule has 0 aliphatic heterocycles. The molecule has 0 bridgehead atoms. The van der Waals surface area contributed by atoms with Gasteiger partial charge in [-0.1, -0.05) is 0 Å². The van der Waals surface area contributed by atoms with Crippen molar-refractivity contribution < 1.29 is 14.6 Å². The van der Waals surface area contributed by atoms with Gasteiger partial charge in [-0.15, -0.1) is 11.3 Å². The van der Waals surface area contributed by atoms with Gasteiger partial charge in [0.1, 0.15) is 22.7 Å². The molecule has 3 aromatic heterocycles. The molecule has 0 radical (unpaired) electrons. The molecule has 0 aliphatic rings. The van der Waals surface area contributed by atoms with Crippen molar-refractivity contribution in [2.45, 2.75) is 6.61 Å². The minimum absolute atomic E-state index is 0.00367. The SMILES string of the molecule is O=C(O)c1ccncc1OCc1nc2ccsc2c(=O)[nH]1. The predicted molar refractivity (Wildman–Crippen MR) is 75.8 cm³/mol. The number of H-pyrrole nitrogens is 1. The maximum atomic E-state index is 11.8. The number of carboxylic acids is 1. The van der Waals surface area contributed by atoms with Crippen LogP contribution in [0.2, 0.25) is 0 Å². The Labute approximate surface area is 121 Å². The summed E-state index contributed by atoms with van der Waals surface area (Å²) in [5, 5.41) is 10.8. The van der Waals surface area contributed by atoms with E-state index in [2.05, 4.69) is 15.0 Å². The first-order chi connectivity index (χ1) is 10.1. The summed E-state index contributed by atoms with van der Waals surface area (Å²) in [6, 6.07) is 3.08. The van der Waals surface area contributed by atoms with Gasteiger partial charge < -0.3 is 14.8 Å². The third-order valence-corrected chi connectivity index (χ3v) is 3.65. The number of carbonyl (C=O) groups is 1. The number of aromatic carboxylic acids is 1. The van der Waals surface area contributed by atoms with Crippen LogP contribution in [0.5, 0.6) is 5.75 Å². The molecule has 21 heavy (non-hydrogen) atoms. The minimum atomic E-state index is -1.11. The summed E-state index contributed by atoms with van der Waals surface area (Å²) in [6.07, 6.45) is 2.68. The van der Waals surface area contributed by atoms with Crippen molar-refractivity contribution in [2.75, 3.05) is 0 Å². The number of fused-ring (bicyclic) bond motifs is 1. The number of nitrogens with zero attached hydrogens (tertiary/aromatic N) is 2. The van der Waals surface area contributed by atoms with Crippen molar-refractivity contribution >= 4 is 27.5 Å². The summed E-state index contributed by atoms with van der Waals surface area (Å²) in [5.74, 6) is -0.661. The highest BCUT2D eigenvalue weighted by molar-refractivity contribution is 7.17. The predicted octanol–water partition coefficient (Wildman–Crippen LogP) is 1.66. The van der Waals surface area contributed by atoms with Gasteiger partial charge in [-0.3, -0.25) is 9.78 Å². The third kappa shape index (κ3) is 2.61. The number of hydrogen-bond donors (Lipinski definition) is 2. The lowest BCUT2D eigenvalue weighted by molar-refractivity contribution is 0.0691. The average Bonchev–Trinajstić information content (AvgIpc) is 2.94. The Kier molecular flexibility index (Phi) is 3.36. The van der Waals surface area contributed by atoms with E-state index in [0.717, 1.165) is 0 Å². The van der Waals surface area contributed by atoms with E-state index in [0.29, 0.717) is 16.0 Å². The van der Waals surface area contributed by atoms with Crippen LogP contribution < -0.4 is 10.3 Å². The quantitative estimate of drug-likeness (QED) is 0.759. The molecule has 0 spiro atoms. The highest BCUT2D eigenvalue weighted by atomic mass is 32.1. The number of thiophene rings is 1. The summed E-state index contributed by atoms with van der Waals surface area (Å²) in [6.45, 7) is -0.0486. The molecular weight excluding hydrogens is 294 g/mol. The van der Waals surface area contributed by atoms with Gasteiger partial charge in [-0.25, -0.2) is 9.78 Å². The molecule has 8 heteroatoms. The topological polar surface area (TPSA) is 105 Å². The van der Waals surface area contributed by atoms with Gasteiger partial charge in [0.05, 0.1) is 11.7 Å². The van der Waals surface area contributed by atoms with E-state index in [4.69, 9.17) is 9.84 Å².